The molecule has 0 fully saturated rings. The maximum absolute atomic E-state index is 11.3. The summed E-state index contributed by atoms with van der Waals surface area (Å²) in [5.41, 5.74) is -0.498. The normalized spacial score (nSPS) is 21.5. The van der Waals surface area contributed by atoms with Crippen molar-refractivity contribution < 1.29 is 24.5 Å². The lowest BCUT2D eigenvalue weighted by Gasteiger charge is -2.15. The van der Waals surface area contributed by atoms with E-state index >= 15 is 0 Å². The Labute approximate surface area is 101 Å². The van der Waals surface area contributed by atoms with Gasteiger partial charge in [-0.15, -0.1) is 0 Å². The third-order valence-corrected chi connectivity index (χ3v) is 2.31. The number of fused-ring (bicyclic) bond motifs is 1. The smallest absolute Gasteiger partial charge is 0.303 e. The Morgan fingerprint density at radius 1 is 1.24 bits per heavy atom. The lowest BCUT2D eigenvalue weighted by Crippen LogP contribution is -2.39. The second kappa shape index (κ2) is 3.47. The van der Waals surface area contributed by atoms with E-state index in [0.717, 1.165) is 0 Å². The maximum Gasteiger partial charge on any atom is 0.303 e. The first-order chi connectivity index (χ1) is 7.74. The molecule has 0 aromatic heterocycles. The summed E-state index contributed by atoms with van der Waals surface area (Å²) in [6, 6.07) is 0. The molecule has 1 aliphatic heterocycles. The predicted octanol–water partition coefficient (Wildman–Crippen LogP) is -2.27. The number of hydrogen-bond donors (Lipinski definition) is 2. The van der Waals surface area contributed by atoms with Crippen LogP contribution in [-0.2, 0) is 0 Å². The number of phenols is 1. The molecular formula is C9H5B3O5. The zero-order valence-electron chi connectivity index (χ0n) is 8.85. The first-order valence-electron chi connectivity index (χ1n) is 4.58. The van der Waals surface area contributed by atoms with Gasteiger partial charge in [0.2, 0.25) is 13.6 Å². The van der Waals surface area contributed by atoms with E-state index in [1.807, 2.05) is 0 Å². The minimum absolute atomic E-state index is 0.135. The Morgan fingerprint density at radius 2 is 1.76 bits per heavy atom. The van der Waals surface area contributed by atoms with E-state index in [1.165, 1.54) is 6.92 Å². The monoisotopic (exact) mass is 226 g/mol. The van der Waals surface area contributed by atoms with Gasteiger partial charge in [-0.3, -0.25) is 4.79 Å². The zero-order chi connectivity index (χ0) is 13.0. The van der Waals surface area contributed by atoms with Crippen LogP contribution < -0.4 is 20.4 Å². The van der Waals surface area contributed by atoms with Gasteiger partial charge in [-0.05, 0) is 6.92 Å². The highest BCUT2D eigenvalue weighted by Gasteiger charge is 2.38. The Balaban J connectivity index is 2.74. The van der Waals surface area contributed by atoms with Crippen molar-refractivity contribution in [3.05, 3.63) is 5.56 Å². The van der Waals surface area contributed by atoms with Crippen molar-refractivity contribution in [2.45, 2.75) is 12.8 Å². The van der Waals surface area contributed by atoms with Gasteiger partial charge in [-0.1, -0.05) is 10.9 Å². The van der Waals surface area contributed by atoms with Gasteiger partial charge >= 0.3 is 5.87 Å². The quantitative estimate of drug-likeness (QED) is 0.416. The van der Waals surface area contributed by atoms with E-state index in [9.17, 15) is 15.0 Å². The number of ether oxygens (including phenoxy) is 2. The van der Waals surface area contributed by atoms with Crippen LogP contribution in [0.1, 0.15) is 17.3 Å². The van der Waals surface area contributed by atoms with Crippen molar-refractivity contribution in [3.8, 4) is 17.2 Å². The summed E-state index contributed by atoms with van der Waals surface area (Å²) in [5, 5.41) is 19.1. The molecule has 1 unspecified atom stereocenters. The lowest BCUT2D eigenvalue weighted by molar-refractivity contribution is -0.178. The van der Waals surface area contributed by atoms with Crippen molar-refractivity contribution in [2.75, 3.05) is 0 Å². The van der Waals surface area contributed by atoms with Gasteiger partial charge in [0.1, 0.15) is 15.7 Å². The van der Waals surface area contributed by atoms with Crippen LogP contribution in [0, 0.1) is 0 Å². The molecule has 1 aliphatic rings. The minimum atomic E-state index is -2.45. The Bertz CT molecular complexity index is 526. The zero-order valence-corrected chi connectivity index (χ0v) is 8.85. The summed E-state index contributed by atoms with van der Waals surface area (Å²) in [4.78, 5) is 11.3. The number of hydrogen-bond acceptors (Lipinski definition) is 5. The molecule has 8 heteroatoms. The van der Waals surface area contributed by atoms with Crippen LogP contribution in [0.3, 0.4) is 0 Å². The van der Waals surface area contributed by atoms with Gasteiger partial charge in [0.25, 0.3) is 0 Å². The fourth-order valence-electron chi connectivity index (χ4n) is 1.59. The Morgan fingerprint density at radius 3 is 2.29 bits per heavy atom. The topological polar surface area (TPSA) is 76.0 Å². The van der Waals surface area contributed by atoms with Gasteiger partial charge in [-0.25, -0.2) is 0 Å². The SMILES string of the molecule is [B]c1c([B])c(C(C)=O)c(O)c2c1OC([B])(O)O2. The number of carbonyl (C=O) groups is 1. The first-order valence-corrected chi connectivity index (χ1v) is 4.58. The van der Waals surface area contributed by atoms with Gasteiger partial charge in [0.15, 0.2) is 17.3 Å². The van der Waals surface area contributed by atoms with Crippen molar-refractivity contribution in [1.82, 2.24) is 0 Å². The summed E-state index contributed by atoms with van der Waals surface area (Å²) in [6.07, 6.45) is 0. The summed E-state index contributed by atoms with van der Waals surface area (Å²) in [5.74, 6) is -4.04. The number of carbonyl (C=O) groups excluding carboxylic acids is 1. The molecule has 5 nitrogen and oxygen atoms in total. The molecule has 2 N–H and O–H groups in total. The molecule has 6 radical (unpaired) electrons. The molecule has 0 bridgehead atoms. The number of Topliss-reactive ketones (excluding diaryl/α,β-unsaturated/α-hetero) is 1. The van der Waals surface area contributed by atoms with Gasteiger partial charge < -0.3 is 19.7 Å². The third kappa shape index (κ3) is 1.68. The van der Waals surface area contributed by atoms with Crippen LogP contribution in [0.15, 0.2) is 0 Å². The molecule has 2 rings (SSSR count). The molecule has 0 saturated heterocycles. The summed E-state index contributed by atoms with van der Waals surface area (Å²) in [7, 11) is 16.3. The van der Waals surface area contributed by atoms with Crippen LogP contribution in [0.25, 0.3) is 0 Å². The molecule has 0 spiro atoms. The molecular weight excluding hydrogens is 221 g/mol. The van der Waals surface area contributed by atoms with Crippen molar-refractivity contribution >= 4 is 40.2 Å². The molecule has 1 atom stereocenters. The highest BCUT2D eigenvalue weighted by atomic mass is 16.8. The molecule has 1 heterocycles. The standard InChI is InChI=1S/C9H5B3O5/c1-2(13)3-4(10)5(11)7-8(6(3)14)17-9(12,15)16-7/h14-15H,1H3. The highest BCUT2D eigenvalue weighted by molar-refractivity contribution is 6.52. The largest absolute Gasteiger partial charge is 0.504 e. The number of aliphatic hydroxyl groups is 1. The van der Waals surface area contributed by atoms with Crippen LogP contribution in [0.2, 0.25) is 0 Å². The molecule has 17 heavy (non-hydrogen) atoms. The summed E-state index contributed by atoms with van der Waals surface area (Å²) >= 11 is 0. The number of phenolic OH excluding ortho intramolecular Hbond substituents is 1. The number of aromatic hydroxyl groups is 1. The third-order valence-electron chi connectivity index (χ3n) is 2.31. The first kappa shape index (κ1) is 11.9. The Kier molecular flexibility index (Phi) is 2.43. The summed E-state index contributed by atoms with van der Waals surface area (Å²) < 4.78 is 9.48. The van der Waals surface area contributed by atoms with Crippen LogP contribution in [0.4, 0.5) is 0 Å². The number of ketones is 1. The fourth-order valence-corrected chi connectivity index (χ4v) is 1.59. The van der Waals surface area contributed by atoms with Crippen molar-refractivity contribution in [2.24, 2.45) is 0 Å². The highest BCUT2D eigenvalue weighted by Crippen LogP contribution is 2.43. The van der Waals surface area contributed by atoms with Gasteiger partial charge in [0.05, 0.1) is 5.56 Å². The van der Waals surface area contributed by atoms with Gasteiger partial charge in [-0.2, -0.15) is 0 Å². The van der Waals surface area contributed by atoms with Crippen LogP contribution in [0.5, 0.6) is 17.2 Å². The van der Waals surface area contributed by atoms with E-state index in [4.69, 9.17) is 33.0 Å². The van der Waals surface area contributed by atoms with E-state index < -0.39 is 17.4 Å². The molecule has 80 valence electrons. The van der Waals surface area contributed by atoms with Crippen molar-refractivity contribution in [1.29, 1.82) is 0 Å². The van der Waals surface area contributed by atoms with Gasteiger partial charge in [0, 0.05) is 0 Å². The lowest BCUT2D eigenvalue weighted by atomic mass is 9.75. The second-order valence-electron chi connectivity index (χ2n) is 3.60. The van der Waals surface area contributed by atoms with E-state index in [0.29, 0.717) is 0 Å². The van der Waals surface area contributed by atoms with E-state index in [2.05, 4.69) is 0 Å². The number of rotatable bonds is 1. The Hall–Kier alpha value is -1.56. The average molecular weight is 226 g/mol. The van der Waals surface area contributed by atoms with Crippen LogP contribution >= 0.6 is 0 Å². The second-order valence-corrected chi connectivity index (χ2v) is 3.60. The minimum Gasteiger partial charge on any atom is -0.504 e. The predicted molar refractivity (Wildman–Crippen MR) is 60.8 cm³/mol. The average Bonchev–Trinajstić information content (AvgIpc) is 2.51. The maximum atomic E-state index is 11.3. The molecule has 0 aliphatic carbocycles. The van der Waals surface area contributed by atoms with Crippen molar-refractivity contribution in [3.63, 3.8) is 0 Å². The van der Waals surface area contributed by atoms with E-state index in [1.54, 1.807) is 0 Å². The molecule has 1 aromatic rings. The number of benzene rings is 1. The molecule has 1 aromatic carbocycles. The summed E-state index contributed by atoms with van der Waals surface area (Å²) in [6.45, 7) is 1.20. The van der Waals surface area contributed by atoms with E-state index in [-0.39, 0.29) is 28.0 Å². The van der Waals surface area contributed by atoms with Crippen LogP contribution in [-0.4, -0.2) is 45.4 Å². The molecule has 0 saturated carbocycles. The fraction of sp³-hybridized carbons (Fsp3) is 0.222. The molecule has 0 amide bonds.